The van der Waals surface area contributed by atoms with E-state index in [1.165, 1.54) is 6.08 Å². The van der Waals surface area contributed by atoms with Crippen LogP contribution < -0.4 is 10.5 Å². The SMILES string of the molecule is CC(C)(C)Oc1cccc(/C=C\C(N)=O)n1. The Kier molecular flexibility index (Phi) is 3.66. The molecule has 0 bridgehead atoms. The van der Waals surface area contributed by atoms with Gasteiger partial charge in [0.1, 0.15) is 5.60 Å². The highest BCUT2D eigenvalue weighted by Crippen LogP contribution is 2.15. The van der Waals surface area contributed by atoms with Gasteiger partial charge in [-0.3, -0.25) is 4.79 Å². The standard InChI is InChI=1S/C12H16N2O2/c1-12(2,3)16-11-6-4-5-9(14-11)7-8-10(13)15/h4-8H,1-3H3,(H2,13,15)/b8-7-. The number of carbonyl (C=O) groups excluding carboxylic acids is 1. The summed E-state index contributed by atoms with van der Waals surface area (Å²) < 4.78 is 5.59. The number of ether oxygens (including phenoxy) is 1. The lowest BCUT2D eigenvalue weighted by Gasteiger charge is -2.20. The number of hydrogen-bond donors (Lipinski definition) is 1. The van der Waals surface area contributed by atoms with Crippen molar-refractivity contribution in [2.75, 3.05) is 0 Å². The number of primary amides is 1. The molecule has 1 rings (SSSR count). The summed E-state index contributed by atoms with van der Waals surface area (Å²) in [6, 6.07) is 5.36. The summed E-state index contributed by atoms with van der Waals surface area (Å²) in [7, 11) is 0. The van der Waals surface area contributed by atoms with Gasteiger partial charge in [0, 0.05) is 12.1 Å². The molecule has 0 saturated heterocycles. The predicted molar refractivity (Wildman–Crippen MR) is 62.8 cm³/mol. The average Bonchev–Trinajstić information content (AvgIpc) is 2.12. The van der Waals surface area contributed by atoms with E-state index in [4.69, 9.17) is 10.5 Å². The predicted octanol–water partition coefficient (Wildman–Crippen LogP) is 1.76. The summed E-state index contributed by atoms with van der Waals surface area (Å²) in [5, 5.41) is 0. The second-order valence-corrected chi connectivity index (χ2v) is 4.35. The van der Waals surface area contributed by atoms with E-state index >= 15 is 0 Å². The van der Waals surface area contributed by atoms with Gasteiger partial charge in [-0.2, -0.15) is 0 Å². The third kappa shape index (κ3) is 4.59. The first-order valence-electron chi connectivity index (χ1n) is 5.00. The van der Waals surface area contributed by atoms with E-state index < -0.39 is 5.91 Å². The number of nitrogens with zero attached hydrogens (tertiary/aromatic N) is 1. The van der Waals surface area contributed by atoms with Crippen molar-refractivity contribution in [3.8, 4) is 5.88 Å². The van der Waals surface area contributed by atoms with Crippen LogP contribution in [0.1, 0.15) is 26.5 Å². The Morgan fingerprint density at radius 3 is 2.69 bits per heavy atom. The number of nitrogens with two attached hydrogens (primary N) is 1. The normalized spacial score (nSPS) is 11.7. The van der Waals surface area contributed by atoms with Crippen molar-refractivity contribution >= 4 is 12.0 Å². The lowest BCUT2D eigenvalue weighted by molar-refractivity contribution is -0.113. The molecule has 0 aliphatic heterocycles. The van der Waals surface area contributed by atoms with Crippen LogP contribution in [0.15, 0.2) is 24.3 Å². The van der Waals surface area contributed by atoms with E-state index in [1.807, 2.05) is 26.8 Å². The molecule has 4 heteroatoms. The van der Waals surface area contributed by atoms with Crippen molar-refractivity contribution in [1.82, 2.24) is 4.98 Å². The summed E-state index contributed by atoms with van der Waals surface area (Å²) in [4.78, 5) is 14.8. The Labute approximate surface area is 95.1 Å². The fourth-order valence-corrected chi connectivity index (χ4v) is 1.06. The van der Waals surface area contributed by atoms with Crippen molar-refractivity contribution in [3.05, 3.63) is 30.0 Å². The third-order valence-electron chi connectivity index (χ3n) is 1.57. The number of rotatable bonds is 3. The fraction of sp³-hybridized carbons (Fsp3) is 0.333. The van der Waals surface area contributed by atoms with Crippen molar-refractivity contribution < 1.29 is 9.53 Å². The Hall–Kier alpha value is -1.84. The summed E-state index contributed by atoms with van der Waals surface area (Å²) in [6.45, 7) is 5.84. The third-order valence-corrected chi connectivity index (χ3v) is 1.57. The highest BCUT2D eigenvalue weighted by molar-refractivity contribution is 5.89. The minimum Gasteiger partial charge on any atom is -0.472 e. The molecule has 2 N–H and O–H groups in total. The summed E-state index contributed by atoms with van der Waals surface area (Å²) >= 11 is 0. The van der Waals surface area contributed by atoms with Gasteiger partial charge in [-0.05, 0) is 32.9 Å². The second-order valence-electron chi connectivity index (χ2n) is 4.35. The smallest absolute Gasteiger partial charge is 0.241 e. The molecule has 0 aromatic carbocycles. The molecule has 0 aliphatic rings. The van der Waals surface area contributed by atoms with Gasteiger partial charge >= 0.3 is 0 Å². The molecule has 0 aliphatic carbocycles. The zero-order chi connectivity index (χ0) is 12.2. The Balaban J connectivity index is 2.83. The largest absolute Gasteiger partial charge is 0.472 e. The molecule has 4 nitrogen and oxygen atoms in total. The highest BCUT2D eigenvalue weighted by atomic mass is 16.5. The van der Waals surface area contributed by atoms with Crippen LogP contribution in [0.3, 0.4) is 0 Å². The van der Waals surface area contributed by atoms with Crippen LogP contribution in [0, 0.1) is 0 Å². The van der Waals surface area contributed by atoms with Crippen molar-refractivity contribution in [2.24, 2.45) is 5.73 Å². The first-order valence-corrected chi connectivity index (χ1v) is 5.00. The number of pyridine rings is 1. The van der Waals surface area contributed by atoms with Gasteiger partial charge in [-0.25, -0.2) is 4.98 Å². The molecule has 0 spiro atoms. The zero-order valence-electron chi connectivity index (χ0n) is 9.73. The Morgan fingerprint density at radius 2 is 2.12 bits per heavy atom. The zero-order valence-corrected chi connectivity index (χ0v) is 9.73. The van der Waals surface area contributed by atoms with Gasteiger partial charge in [-0.15, -0.1) is 0 Å². The van der Waals surface area contributed by atoms with Crippen LogP contribution in [0.25, 0.3) is 6.08 Å². The summed E-state index contributed by atoms with van der Waals surface area (Å²) in [5.74, 6) is 0.0306. The van der Waals surface area contributed by atoms with Crippen LogP contribution in [0.2, 0.25) is 0 Å². The molecular weight excluding hydrogens is 204 g/mol. The number of hydrogen-bond acceptors (Lipinski definition) is 3. The summed E-state index contributed by atoms with van der Waals surface area (Å²) in [5.41, 5.74) is 5.34. The second kappa shape index (κ2) is 4.79. The van der Waals surface area contributed by atoms with Gasteiger partial charge in [0.25, 0.3) is 0 Å². The molecule has 1 heterocycles. The van der Waals surface area contributed by atoms with E-state index in [9.17, 15) is 4.79 Å². The minimum atomic E-state index is -0.496. The maximum Gasteiger partial charge on any atom is 0.241 e. The van der Waals surface area contributed by atoms with Gasteiger partial charge in [-0.1, -0.05) is 6.07 Å². The number of carbonyl (C=O) groups is 1. The van der Waals surface area contributed by atoms with E-state index in [0.29, 0.717) is 11.6 Å². The molecule has 1 amide bonds. The number of aromatic nitrogens is 1. The first-order chi connectivity index (χ1) is 7.37. The average molecular weight is 220 g/mol. The van der Waals surface area contributed by atoms with Crippen LogP contribution in [-0.4, -0.2) is 16.5 Å². The van der Waals surface area contributed by atoms with Crippen molar-refractivity contribution in [2.45, 2.75) is 26.4 Å². The Bertz CT molecular complexity index is 406. The lowest BCUT2D eigenvalue weighted by Crippen LogP contribution is -2.23. The van der Waals surface area contributed by atoms with E-state index in [-0.39, 0.29) is 5.60 Å². The molecule has 1 aromatic rings. The minimum absolute atomic E-state index is 0.293. The lowest BCUT2D eigenvalue weighted by atomic mass is 10.2. The van der Waals surface area contributed by atoms with Crippen molar-refractivity contribution in [3.63, 3.8) is 0 Å². The first kappa shape index (κ1) is 12.2. The van der Waals surface area contributed by atoms with E-state index in [2.05, 4.69) is 4.98 Å². The Morgan fingerprint density at radius 1 is 1.44 bits per heavy atom. The van der Waals surface area contributed by atoms with Crippen LogP contribution in [-0.2, 0) is 4.79 Å². The molecule has 0 fully saturated rings. The molecule has 1 aromatic heterocycles. The molecule has 0 radical (unpaired) electrons. The summed E-state index contributed by atoms with van der Waals surface area (Å²) in [6.07, 6.45) is 2.82. The van der Waals surface area contributed by atoms with Crippen molar-refractivity contribution in [1.29, 1.82) is 0 Å². The molecule has 86 valence electrons. The van der Waals surface area contributed by atoms with Gasteiger partial charge in [0.15, 0.2) is 0 Å². The molecule has 16 heavy (non-hydrogen) atoms. The molecular formula is C12H16N2O2. The maximum atomic E-state index is 10.6. The van der Waals surface area contributed by atoms with Gasteiger partial charge in [0.05, 0.1) is 5.69 Å². The maximum absolute atomic E-state index is 10.6. The number of amides is 1. The van der Waals surface area contributed by atoms with Crippen LogP contribution in [0.5, 0.6) is 5.88 Å². The molecule has 0 atom stereocenters. The highest BCUT2D eigenvalue weighted by Gasteiger charge is 2.12. The monoisotopic (exact) mass is 220 g/mol. The molecule has 0 unspecified atom stereocenters. The molecule has 0 saturated carbocycles. The fourth-order valence-electron chi connectivity index (χ4n) is 1.06. The quantitative estimate of drug-likeness (QED) is 0.789. The van der Waals surface area contributed by atoms with E-state index in [1.54, 1.807) is 18.2 Å². The van der Waals surface area contributed by atoms with Gasteiger partial charge < -0.3 is 10.5 Å². The van der Waals surface area contributed by atoms with E-state index in [0.717, 1.165) is 0 Å². The van der Waals surface area contributed by atoms with Crippen LogP contribution in [0.4, 0.5) is 0 Å². The van der Waals surface area contributed by atoms with Crippen LogP contribution >= 0.6 is 0 Å². The topological polar surface area (TPSA) is 65.2 Å². The van der Waals surface area contributed by atoms with Gasteiger partial charge in [0.2, 0.25) is 11.8 Å².